The minimum absolute atomic E-state index is 0.467. The number of hydrogen-bond acceptors (Lipinski definition) is 4. The Hall–Kier alpha value is -1.89. The van der Waals surface area contributed by atoms with E-state index in [0.717, 1.165) is 54.3 Å². The van der Waals surface area contributed by atoms with Crippen LogP contribution in [0.3, 0.4) is 0 Å². The topological polar surface area (TPSA) is 48.1 Å². The van der Waals surface area contributed by atoms with Crippen LogP contribution in [-0.4, -0.2) is 56.8 Å². The summed E-state index contributed by atoms with van der Waals surface area (Å²) in [5.41, 5.74) is 3.27. The maximum atomic E-state index is 6.62. The van der Waals surface area contributed by atoms with Gasteiger partial charge >= 0.3 is 0 Å². The molecule has 6 nitrogen and oxygen atoms in total. The second-order valence-corrected chi connectivity index (χ2v) is 7.44. The number of aryl methyl sites for hydroxylation is 1. The standard InChI is InChI=1S/C18H20ClN5O/c1-22-9-14(7-20-22)24-18-5-16(17(19)4-13(18)6-21-24)12-2-3-23(8-12)15-10-25-11-15/h4-7,9,12,15H,2-3,8,10-11H2,1H3/t12-/m0/s1. The Labute approximate surface area is 150 Å². The Morgan fingerprint density at radius 1 is 1.20 bits per heavy atom. The van der Waals surface area contributed by atoms with E-state index in [1.807, 2.05) is 36.4 Å². The van der Waals surface area contributed by atoms with Crippen molar-refractivity contribution in [1.82, 2.24) is 24.5 Å². The predicted molar refractivity (Wildman–Crippen MR) is 96.4 cm³/mol. The van der Waals surface area contributed by atoms with Gasteiger partial charge in [-0.05, 0) is 36.6 Å². The van der Waals surface area contributed by atoms with Crippen LogP contribution in [0.2, 0.25) is 5.02 Å². The van der Waals surface area contributed by atoms with Crippen molar-refractivity contribution in [3.63, 3.8) is 0 Å². The monoisotopic (exact) mass is 357 g/mol. The van der Waals surface area contributed by atoms with Crippen LogP contribution in [0, 0.1) is 0 Å². The van der Waals surface area contributed by atoms with Crippen LogP contribution < -0.4 is 0 Å². The molecule has 130 valence electrons. The largest absolute Gasteiger partial charge is 0.378 e. The van der Waals surface area contributed by atoms with Crippen molar-refractivity contribution < 1.29 is 4.74 Å². The summed E-state index contributed by atoms with van der Waals surface area (Å²) in [5, 5.41) is 10.7. The van der Waals surface area contributed by atoms with E-state index in [2.05, 4.69) is 21.2 Å². The number of rotatable bonds is 3. The Bertz CT molecular complexity index is 929. The highest BCUT2D eigenvalue weighted by Gasteiger charge is 2.33. The highest BCUT2D eigenvalue weighted by molar-refractivity contribution is 6.32. The van der Waals surface area contributed by atoms with E-state index >= 15 is 0 Å². The van der Waals surface area contributed by atoms with Gasteiger partial charge in [0.1, 0.15) is 5.69 Å². The second kappa shape index (κ2) is 5.83. The fourth-order valence-electron chi connectivity index (χ4n) is 3.91. The van der Waals surface area contributed by atoms with Crippen LogP contribution >= 0.6 is 11.6 Å². The van der Waals surface area contributed by atoms with Gasteiger partial charge in [-0.2, -0.15) is 10.2 Å². The third-order valence-electron chi connectivity index (χ3n) is 5.42. The van der Waals surface area contributed by atoms with Crippen molar-refractivity contribution >= 4 is 22.5 Å². The molecule has 0 aliphatic carbocycles. The summed E-state index contributed by atoms with van der Waals surface area (Å²) in [6, 6.07) is 4.85. The molecule has 2 aromatic heterocycles. The Balaban J connectivity index is 1.51. The van der Waals surface area contributed by atoms with Gasteiger partial charge in [-0.15, -0.1) is 0 Å². The fraction of sp³-hybridized carbons (Fsp3) is 0.444. The first-order chi connectivity index (χ1) is 12.2. The van der Waals surface area contributed by atoms with Crippen LogP contribution in [0.4, 0.5) is 0 Å². The highest BCUT2D eigenvalue weighted by atomic mass is 35.5. The lowest BCUT2D eigenvalue weighted by Crippen LogP contribution is -2.47. The number of fused-ring (bicyclic) bond motifs is 1. The summed E-state index contributed by atoms with van der Waals surface area (Å²) in [7, 11) is 1.91. The van der Waals surface area contributed by atoms with Gasteiger partial charge in [0.2, 0.25) is 0 Å². The summed E-state index contributed by atoms with van der Waals surface area (Å²) in [6.07, 6.45) is 6.80. The average Bonchev–Trinajstić information content (AvgIpc) is 3.24. The zero-order valence-electron chi connectivity index (χ0n) is 14.1. The number of nitrogens with zero attached hydrogens (tertiary/aromatic N) is 5. The molecule has 2 saturated heterocycles. The molecule has 3 aromatic rings. The molecule has 2 fully saturated rings. The zero-order valence-corrected chi connectivity index (χ0v) is 14.9. The summed E-state index contributed by atoms with van der Waals surface area (Å²) in [4.78, 5) is 2.53. The van der Waals surface area contributed by atoms with E-state index in [9.17, 15) is 0 Å². The lowest BCUT2D eigenvalue weighted by molar-refractivity contribution is -0.0573. The number of hydrogen-bond donors (Lipinski definition) is 0. The van der Waals surface area contributed by atoms with Gasteiger partial charge in [-0.25, -0.2) is 4.68 Å². The van der Waals surface area contributed by atoms with E-state index in [1.54, 1.807) is 4.68 Å². The molecule has 5 rings (SSSR count). The van der Waals surface area contributed by atoms with Crippen molar-refractivity contribution in [2.75, 3.05) is 26.3 Å². The molecule has 1 aromatic carbocycles. The Kier molecular flexibility index (Phi) is 3.58. The third kappa shape index (κ3) is 2.56. The first kappa shape index (κ1) is 15.4. The summed E-state index contributed by atoms with van der Waals surface area (Å²) >= 11 is 6.62. The molecule has 2 aliphatic rings. The van der Waals surface area contributed by atoms with E-state index in [4.69, 9.17) is 16.3 Å². The van der Waals surface area contributed by atoms with Crippen LogP contribution in [0.25, 0.3) is 16.6 Å². The summed E-state index contributed by atoms with van der Waals surface area (Å²) in [5.74, 6) is 0.467. The molecule has 2 aliphatic heterocycles. The molecule has 0 radical (unpaired) electrons. The lowest BCUT2D eigenvalue weighted by Gasteiger charge is -2.34. The van der Waals surface area contributed by atoms with E-state index in [-0.39, 0.29) is 0 Å². The molecule has 7 heteroatoms. The van der Waals surface area contributed by atoms with Gasteiger partial charge in [0.05, 0.1) is 43.4 Å². The molecular weight excluding hydrogens is 338 g/mol. The minimum Gasteiger partial charge on any atom is -0.378 e. The van der Waals surface area contributed by atoms with Gasteiger partial charge in [0, 0.05) is 24.0 Å². The van der Waals surface area contributed by atoms with E-state index in [0.29, 0.717) is 12.0 Å². The van der Waals surface area contributed by atoms with Gasteiger partial charge in [-0.3, -0.25) is 9.58 Å². The normalized spacial score (nSPS) is 21.9. The van der Waals surface area contributed by atoms with Crippen molar-refractivity contribution in [2.24, 2.45) is 7.05 Å². The van der Waals surface area contributed by atoms with Gasteiger partial charge in [-0.1, -0.05) is 11.6 Å². The molecule has 4 heterocycles. The fourth-order valence-corrected chi connectivity index (χ4v) is 4.23. The number of halogens is 1. The van der Waals surface area contributed by atoms with Crippen molar-refractivity contribution in [2.45, 2.75) is 18.4 Å². The number of aromatic nitrogens is 4. The van der Waals surface area contributed by atoms with Crippen LogP contribution in [0.15, 0.2) is 30.7 Å². The molecule has 0 saturated carbocycles. The second-order valence-electron chi connectivity index (χ2n) is 7.03. The third-order valence-corrected chi connectivity index (χ3v) is 5.75. The van der Waals surface area contributed by atoms with Crippen LogP contribution in [-0.2, 0) is 11.8 Å². The molecule has 0 unspecified atom stereocenters. The van der Waals surface area contributed by atoms with Crippen molar-refractivity contribution in [1.29, 1.82) is 0 Å². The number of ether oxygens (including phenoxy) is 1. The van der Waals surface area contributed by atoms with Gasteiger partial charge in [0.15, 0.2) is 0 Å². The predicted octanol–water partition coefficient (Wildman–Crippen LogP) is 2.60. The molecule has 0 N–H and O–H groups in total. The van der Waals surface area contributed by atoms with E-state index in [1.165, 1.54) is 5.56 Å². The molecule has 1 atom stereocenters. The molecule has 25 heavy (non-hydrogen) atoms. The van der Waals surface area contributed by atoms with Crippen LogP contribution in [0.5, 0.6) is 0 Å². The highest BCUT2D eigenvalue weighted by Crippen LogP contribution is 2.36. The molecule has 0 bridgehead atoms. The van der Waals surface area contributed by atoms with Crippen molar-refractivity contribution in [3.05, 3.63) is 41.3 Å². The maximum absolute atomic E-state index is 6.62. The van der Waals surface area contributed by atoms with Crippen molar-refractivity contribution in [3.8, 4) is 5.69 Å². The maximum Gasteiger partial charge on any atom is 0.103 e. The van der Waals surface area contributed by atoms with Crippen LogP contribution in [0.1, 0.15) is 17.9 Å². The van der Waals surface area contributed by atoms with E-state index < -0.39 is 0 Å². The summed E-state index contributed by atoms with van der Waals surface area (Å²) in [6.45, 7) is 3.91. The molecule has 0 amide bonds. The van der Waals surface area contributed by atoms with Gasteiger partial charge in [0.25, 0.3) is 0 Å². The first-order valence-corrected chi connectivity index (χ1v) is 9.05. The SMILES string of the molecule is Cn1cc(-n2ncc3cc(Cl)c([C@H]4CCN(C5COC5)C4)cc32)cn1. The van der Waals surface area contributed by atoms with Gasteiger partial charge < -0.3 is 4.74 Å². The quantitative estimate of drug-likeness (QED) is 0.723. The Morgan fingerprint density at radius 2 is 2.08 bits per heavy atom. The zero-order chi connectivity index (χ0) is 17.0. The number of likely N-dealkylation sites (tertiary alicyclic amines) is 1. The average molecular weight is 358 g/mol. The molecular formula is C18H20ClN5O. The first-order valence-electron chi connectivity index (χ1n) is 8.67. The smallest absolute Gasteiger partial charge is 0.103 e. The molecule has 0 spiro atoms. The Morgan fingerprint density at radius 3 is 2.80 bits per heavy atom. The minimum atomic E-state index is 0.467. The summed E-state index contributed by atoms with van der Waals surface area (Å²) < 4.78 is 9.06. The number of benzene rings is 1. The lowest BCUT2D eigenvalue weighted by atomic mass is 9.97.